The molecule has 0 saturated carbocycles. The minimum Gasteiger partial charge on any atom is -0.496 e. The van der Waals surface area contributed by atoms with Crippen LogP contribution in [-0.4, -0.2) is 39.5 Å². The van der Waals surface area contributed by atoms with Crippen LogP contribution in [0.15, 0.2) is 47.4 Å². The zero-order chi connectivity index (χ0) is 20.6. The van der Waals surface area contributed by atoms with Crippen molar-refractivity contribution in [3.63, 3.8) is 0 Å². The van der Waals surface area contributed by atoms with E-state index < -0.39 is 11.7 Å². The van der Waals surface area contributed by atoms with Gasteiger partial charge >= 0.3 is 6.18 Å². The maximum atomic E-state index is 12.6. The van der Waals surface area contributed by atoms with Gasteiger partial charge < -0.3 is 18.9 Å². The molecule has 2 aromatic rings. The first-order chi connectivity index (χ1) is 13.3. The van der Waals surface area contributed by atoms with Gasteiger partial charge in [-0.1, -0.05) is 0 Å². The number of thioether (sulfide) groups is 1. The topological polar surface area (TPSA) is 36.9 Å². The molecule has 8 heteroatoms. The largest absolute Gasteiger partial charge is 0.496 e. The summed E-state index contributed by atoms with van der Waals surface area (Å²) in [4.78, 5) is 1.05. The van der Waals surface area contributed by atoms with Crippen molar-refractivity contribution in [1.29, 1.82) is 0 Å². The lowest BCUT2D eigenvalue weighted by atomic mass is 10.2. The number of hydrogen-bond acceptors (Lipinski definition) is 5. The van der Waals surface area contributed by atoms with Gasteiger partial charge in [-0.15, -0.1) is 11.8 Å². The average molecular weight is 416 g/mol. The lowest BCUT2D eigenvalue weighted by Crippen LogP contribution is -2.25. The minimum absolute atomic E-state index is 0.100. The Morgan fingerprint density at radius 2 is 1.75 bits per heavy atom. The molecule has 0 N–H and O–H groups in total. The summed E-state index contributed by atoms with van der Waals surface area (Å²) in [6, 6.07) is 10.5. The molecule has 0 spiro atoms. The Balaban J connectivity index is 1.92. The van der Waals surface area contributed by atoms with Crippen LogP contribution in [0.3, 0.4) is 0 Å². The fraction of sp³-hybridized carbons (Fsp3) is 0.400. The molecule has 2 aromatic carbocycles. The maximum absolute atomic E-state index is 12.6. The van der Waals surface area contributed by atoms with Crippen LogP contribution >= 0.6 is 11.8 Å². The van der Waals surface area contributed by atoms with E-state index >= 15 is 0 Å². The molecule has 4 nitrogen and oxygen atoms in total. The van der Waals surface area contributed by atoms with Crippen LogP contribution in [0, 0.1) is 6.92 Å². The molecule has 1 atom stereocenters. The zero-order valence-electron chi connectivity index (χ0n) is 15.9. The first-order valence-corrected chi connectivity index (χ1v) is 9.50. The summed E-state index contributed by atoms with van der Waals surface area (Å²) in [5, 5.41) is 0. The molecule has 0 aliphatic carbocycles. The lowest BCUT2D eigenvalue weighted by molar-refractivity contribution is -0.137. The molecular formula is C20H23F3O4S. The summed E-state index contributed by atoms with van der Waals surface area (Å²) in [7, 11) is 3.15. The van der Waals surface area contributed by atoms with E-state index in [0.29, 0.717) is 11.5 Å². The normalized spacial score (nSPS) is 12.6. The fourth-order valence-electron chi connectivity index (χ4n) is 2.37. The fourth-order valence-corrected chi connectivity index (χ4v) is 3.36. The molecule has 0 bridgehead atoms. The van der Waals surface area contributed by atoms with Crippen molar-refractivity contribution < 1.29 is 32.1 Å². The lowest BCUT2D eigenvalue weighted by Gasteiger charge is -2.18. The molecule has 0 aliphatic rings. The Morgan fingerprint density at radius 1 is 1.04 bits per heavy atom. The smallest absolute Gasteiger partial charge is 0.416 e. The molecule has 0 amide bonds. The van der Waals surface area contributed by atoms with Gasteiger partial charge in [0.1, 0.15) is 31.0 Å². The number of methoxy groups -OCH3 is 2. The van der Waals surface area contributed by atoms with Crippen LogP contribution in [0.4, 0.5) is 13.2 Å². The molecule has 0 saturated heterocycles. The second-order valence-electron chi connectivity index (χ2n) is 5.97. The van der Waals surface area contributed by atoms with Gasteiger partial charge in [0.05, 0.1) is 12.7 Å². The predicted molar refractivity (Wildman–Crippen MR) is 102 cm³/mol. The van der Waals surface area contributed by atoms with Crippen molar-refractivity contribution >= 4 is 11.8 Å². The number of halogens is 3. The highest BCUT2D eigenvalue weighted by Crippen LogP contribution is 2.30. The van der Waals surface area contributed by atoms with Crippen molar-refractivity contribution in [3.8, 4) is 11.5 Å². The molecule has 0 radical (unpaired) electrons. The number of hydrogen-bond donors (Lipinski definition) is 0. The highest BCUT2D eigenvalue weighted by atomic mass is 32.2. The molecule has 154 valence electrons. The third kappa shape index (κ3) is 6.92. The maximum Gasteiger partial charge on any atom is 0.416 e. The quantitative estimate of drug-likeness (QED) is 0.394. The van der Waals surface area contributed by atoms with Gasteiger partial charge in [0.2, 0.25) is 0 Å². The van der Waals surface area contributed by atoms with E-state index in [0.717, 1.165) is 28.3 Å². The van der Waals surface area contributed by atoms with Crippen LogP contribution in [0.1, 0.15) is 11.1 Å². The monoisotopic (exact) mass is 416 g/mol. The van der Waals surface area contributed by atoms with Gasteiger partial charge in [0.15, 0.2) is 0 Å². The third-order valence-electron chi connectivity index (χ3n) is 3.84. The van der Waals surface area contributed by atoms with Crippen molar-refractivity contribution in [3.05, 3.63) is 53.6 Å². The van der Waals surface area contributed by atoms with E-state index in [1.807, 2.05) is 25.1 Å². The van der Waals surface area contributed by atoms with E-state index in [9.17, 15) is 13.2 Å². The number of benzene rings is 2. The van der Waals surface area contributed by atoms with Gasteiger partial charge in [0.25, 0.3) is 0 Å². The summed E-state index contributed by atoms with van der Waals surface area (Å²) in [5.74, 6) is 1.77. The Labute approximate surface area is 166 Å². The summed E-state index contributed by atoms with van der Waals surface area (Å²) in [6.45, 7) is 2.26. The number of aryl methyl sites for hydroxylation is 1. The molecule has 2 rings (SSSR count). The van der Waals surface area contributed by atoms with Crippen LogP contribution < -0.4 is 9.47 Å². The third-order valence-corrected chi connectivity index (χ3v) is 4.97. The highest BCUT2D eigenvalue weighted by molar-refractivity contribution is 7.99. The standard InChI is InChI=1S/C20H23F3O4S/c1-14-10-18(8-9-19(14)25-3)28-12-17(27-13-24-2)11-26-16-6-4-15(5-7-16)20(21,22)23/h4-10,17H,11-13H2,1-3H3/t17-/m1/s1. The van der Waals surface area contributed by atoms with E-state index in [2.05, 4.69) is 0 Å². The predicted octanol–water partition coefficient (Wildman–Crippen LogP) is 5.18. The van der Waals surface area contributed by atoms with Crippen molar-refractivity contribution in [1.82, 2.24) is 0 Å². The van der Waals surface area contributed by atoms with E-state index in [1.165, 1.54) is 19.2 Å². The van der Waals surface area contributed by atoms with Gasteiger partial charge in [-0.25, -0.2) is 0 Å². The van der Waals surface area contributed by atoms with Crippen LogP contribution in [0.2, 0.25) is 0 Å². The number of alkyl halides is 3. The summed E-state index contributed by atoms with van der Waals surface area (Å²) in [5.41, 5.74) is 0.320. The Kier molecular flexibility index (Phi) is 8.47. The molecule has 28 heavy (non-hydrogen) atoms. The van der Waals surface area contributed by atoms with E-state index in [4.69, 9.17) is 18.9 Å². The van der Waals surface area contributed by atoms with Gasteiger partial charge in [-0.2, -0.15) is 13.2 Å². The number of ether oxygens (including phenoxy) is 4. The van der Waals surface area contributed by atoms with Crippen LogP contribution in [0.25, 0.3) is 0 Å². The second kappa shape index (κ2) is 10.6. The highest BCUT2D eigenvalue weighted by Gasteiger charge is 2.30. The first kappa shape index (κ1) is 22.4. The van der Waals surface area contributed by atoms with E-state index in [1.54, 1.807) is 18.9 Å². The average Bonchev–Trinajstić information content (AvgIpc) is 2.67. The summed E-state index contributed by atoms with van der Waals surface area (Å²) < 4.78 is 59.3. The Hall–Kier alpha value is -1.90. The van der Waals surface area contributed by atoms with Crippen LogP contribution in [-0.2, 0) is 15.7 Å². The number of rotatable bonds is 10. The van der Waals surface area contributed by atoms with Crippen LogP contribution in [0.5, 0.6) is 11.5 Å². The van der Waals surface area contributed by atoms with Gasteiger partial charge in [-0.3, -0.25) is 0 Å². The molecule has 0 aromatic heterocycles. The molecule has 0 fully saturated rings. The second-order valence-corrected chi connectivity index (χ2v) is 7.06. The van der Waals surface area contributed by atoms with Crippen molar-refractivity contribution in [2.75, 3.05) is 33.4 Å². The van der Waals surface area contributed by atoms with Crippen molar-refractivity contribution in [2.24, 2.45) is 0 Å². The first-order valence-electron chi connectivity index (χ1n) is 8.51. The Morgan fingerprint density at radius 3 is 2.32 bits per heavy atom. The van der Waals surface area contributed by atoms with E-state index in [-0.39, 0.29) is 19.5 Å². The SMILES string of the molecule is COCO[C@H](COc1ccc(C(F)(F)F)cc1)CSc1ccc(OC)c(C)c1. The minimum atomic E-state index is -4.37. The van der Waals surface area contributed by atoms with Gasteiger partial charge in [0, 0.05) is 17.8 Å². The van der Waals surface area contributed by atoms with Crippen molar-refractivity contribution in [2.45, 2.75) is 24.1 Å². The molecule has 0 aliphatic heterocycles. The Bertz CT molecular complexity index is 735. The summed E-state index contributed by atoms with van der Waals surface area (Å²) >= 11 is 1.59. The zero-order valence-corrected chi connectivity index (χ0v) is 16.7. The summed E-state index contributed by atoms with van der Waals surface area (Å²) in [6.07, 6.45) is -4.66. The molecular weight excluding hydrogens is 393 g/mol. The van der Waals surface area contributed by atoms with Gasteiger partial charge in [-0.05, 0) is 55.0 Å². The molecule has 0 unspecified atom stereocenters. The molecule has 0 heterocycles.